The van der Waals surface area contributed by atoms with E-state index in [2.05, 4.69) is 30.7 Å². The predicted molar refractivity (Wildman–Crippen MR) is 131 cm³/mol. The van der Waals surface area contributed by atoms with E-state index in [1.807, 2.05) is 0 Å². The fraction of sp³-hybridized carbons (Fsp3) is 0.667. The molecule has 206 valence electrons. The van der Waals surface area contributed by atoms with Gasteiger partial charge in [-0.2, -0.15) is 13.2 Å². The zero-order valence-electron chi connectivity index (χ0n) is 21.8. The first-order valence-corrected chi connectivity index (χ1v) is 13.1. The monoisotopic (exact) mass is 526 g/mol. The third kappa shape index (κ3) is 7.18. The second-order valence-electron chi connectivity index (χ2n) is 9.57. The number of aliphatic hydroxyl groups excluding tert-OH is 1. The Balaban J connectivity index is 0.000000479. The number of pyridine rings is 1. The molecule has 3 atom stereocenters. The van der Waals surface area contributed by atoms with Crippen LogP contribution >= 0.6 is 0 Å². The molecule has 0 spiro atoms. The number of nitrogens with zero attached hydrogens (tertiary/aromatic N) is 2. The standard InChI is InChI=1S/C21H22F3NO5.C6H15N/c22-21(23,24)15-7-6-13(14(25-15)10-30-16-3-1-2-8-29-16)20(28)17-18(26)11-4-5-12(9-11)19(17)27;1-4-7(5-2)6-3/h6-7,11-12,16,28H,1-5,8-10H2;4-6H2,1-3H3. The van der Waals surface area contributed by atoms with Crippen LogP contribution in [0.3, 0.4) is 0 Å². The maximum absolute atomic E-state index is 13.2. The lowest BCUT2D eigenvalue weighted by Gasteiger charge is -2.24. The number of ketones is 2. The summed E-state index contributed by atoms with van der Waals surface area (Å²) in [5, 5.41) is 10.8. The van der Waals surface area contributed by atoms with Crippen LogP contribution in [0.25, 0.3) is 5.76 Å². The molecule has 7 nitrogen and oxygen atoms in total. The maximum atomic E-state index is 13.2. The lowest BCUT2D eigenvalue weighted by atomic mass is 9.81. The number of carbonyl (C=O) groups excluding carboxylic acids is 2. The fourth-order valence-corrected chi connectivity index (χ4v) is 5.03. The van der Waals surface area contributed by atoms with Crippen LogP contribution in [-0.4, -0.2) is 59.1 Å². The Bertz CT molecular complexity index is 955. The molecule has 0 amide bonds. The highest BCUT2D eigenvalue weighted by Gasteiger charge is 2.45. The molecule has 1 N–H and O–H groups in total. The average Bonchev–Trinajstić information content (AvgIpc) is 3.35. The predicted octanol–water partition coefficient (Wildman–Crippen LogP) is 5.33. The molecule has 3 unspecified atom stereocenters. The summed E-state index contributed by atoms with van der Waals surface area (Å²) in [5.41, 5.74) is -1.77. The lowest BCUT2D eigenvalue weighted by molar-refractivity contribution is -0.170. The fourth-order valence-electron chi connectivity index (χ4n) is 5.03. The zero-order chi connectivity index (χ0) is 27.2. The Morgan fingerprint density at radius 2 is 1.68 bits per heavy atom. The van der Waals surface area contributed by atoms with Gasteiger partial charge >= 0.3 is 6.18 Å². The van der Waals surface area contributed by atoms with Crippen molar-refractivity contribution < 1.29 is 37.3 Å². The van der Waals surface area contributed by atoms with Gasteiger partial charge in [0.1, 0.15) is 17.0 Å². The Morgan fingerprint density at radius 1 is 1.05 bits per heavy atom. The molecule has 2 aliphatic carbocycles. The van der Waals surface area contributed by atoms with Crippen LogP contribution < -0.4 is 0 Å². The Morgan fingerprint density at radius 3 is 2.16 bits per heavy atom. The summed E-state index contributed by atoms with van der Waals surface area (Å²) >= 11 is 0. The summed E-state index contributed by atoms with van der Waals surface area (Å²) in [6.45, 7) is 10.3. The van der Waals surface area contributed by atoms with Gasteiger partial charge in [0.25, 0.3) is 0 Å². The number of ether oxygens (including phenoxy) is 2. The molecular formula is C27H37F3N2O5. The lowest BCUT2D eigenvalue weighted by Crippen LogP contribution is -2.30. The normalized spacial score (nSPS) is 23.8. The van der Waals surface area contributed by atoms with Gasteiger partial charge < -0.3 is 19.5 Å². The summed E-state index contributed by atoms with van der Waals surface area (Å²) in [7, 11) is 0. The summed E-state index contributed by atoms with van der Waals surface area (Å²) < 4.78 is 50.5. The molecule has 37 heavy (non-hydrogen) atoms. The van der Waals surface area contributed by atoms with E-state index in [0.29, 0.717) is 32.3 Å². The van der Waals surface area contributed by atoms with Crippen LogP contribution in [0.15, 0.2) is 17.7 Å². The van der Waals surface area contributed by atoms with Crippen molar-refractivity contribution in [2.24, 2.45) is 11.8 Å². The molecule has 1 saturated heterocycles. The minimum atomic E-state index is -4.69. The van der Waals surface area contributed by atoms with Gasteiger partial charge in [-0.3, -0.25) is 9.59 Å². The summed E-state index contributed by atoms with van der Waals surface area (Å²) in [6, 6.07) is 1.76. The van der Waals surface area contributed by atoms with Gasteiger partial charge in [0.05, 0.1) is 12.3 Å². The van der Waals surface area contributed by atoms with Gasteiger partial charge in [-0.25, -0.2) is 4.98 Å². The number of aromatic nitrogens is 1. The van der Waals surface area contributed by atoms with E-state index in [1.165, 1.54) is 19.6 Å². The van der Waals surface area contributed by atoms with Crippen LogP contribution in [0.4, 0.5) is 13.2 Å². The molecule has 3 fully saturated rings. The van der Waals surface area contributed by atoms with Gasteiger partial charge in [-0.1, -0.05) is 20.8 Å². The summed E-state index contributed by atoms with van der Waals surface area (Å²) in [4.78, 5) is 31.3. The van der Waals surface area contributed by atoms with Gasteiger partial charge in [0.15, 0.2) is 17.9 Å². The first-order chi connectivity index (χ1) is 17.6. The van der Waals surface area contributed by atoms with E-state index in [-0.39, 0.29) is 35.3 Å². The van der Waals surface area contributed by atoms with Gasteiger partial charge in [0.2, 0.25) is 0 Å². The van der Waals surface area contributed by atoms with Gasteiger partial charge in [-0.15, -0.1) is 0 Å². The van der Waals surface area contributed by atoms with E-state index in [4.69, 9.17) is 9.47 Å². The first kappa shape index (κ1) is 29.3. The summed E-state index contributed by atoms with van der Waals surface area (Å²) in [5.74, 6) is -2.18. The number of alkyl halides is 3. The number of rotatable bonds is 7. The zero-order valence-corrected chi connectivity index (χ0v) is 21.8. The maximum Gasteiger partial charge on any atom is 0.433 e. The van der Waals surface area contributed by atoms with Crippen molar-refractivity contribution in [3.05, 3.63) is 34.7 Å². The van der Waals surface area contributed by atoms with E-state index < -0.39 is 35.5 Å². The Kier molecular flexibility index (Phi) is 10.3. The van der Waals surface area contributed by atoms with Gasteiger partial charge in [0, 0.05) is 24.0 Å². The highest BCUT2D eigenvalue weighted by Crippen LogP contribution is 2.42. The van der Waals surface area contributed by atoms with Crippen molar-refractivity contribution in [3.8, 4) is 0 Å². The highest BCUT2D eigenvalue weighted by atomic mass is 19.4. The topological polar surface area (TPSA) is 89.0 Å². The van der Waals surface area contributed by atoms with E-state index >= 15 is 0 Å². The minimum absolute atomic E-state index is 0.100. The number of allylic oxidation sites excluding steroid dienone is 1. The van der Waals surface area contributed by atoms with Crippen LogP contribution in [-0.2, 0) is 31.8 Å². The van der Waals surface area contributed by atoms with Crippen molar-refractivity contribution in [1.82, 2.24) is 9.88 Å². The smallest absolute Gasteiger partial charge is 0.433 e. The molecule has 0 radical (unpaired) electrons. The van der Waals surface area contributed by atoms with Crippen molar-refractivity contribution >= 4 is 17.3 Å². The molecule has 1 aliphatic heterocycles. The largest absolute Gasteiger partial charge is 0.506 e. The second kappa shape index (κ2) is 13.0. The highest BCUT2D eigenvalue weighted by molar-refractivity contribution is 6.27. The molecule has 2 saturated carbocycles. The van der Waals surface area contributed by atoms with Crippen molar-refractivity contribution in [2.75, 3.05) is 26.2 Å². The Hall–Kier alpha value is -2.30. The third-order valence-electron chi connectivity index (χ3n) is 7.31. The number of Topliss-reactive ketones (excluding diaryl/α,β-unsaturated/α-hetero) is 2. The average molecular weight is 527 g/mol. The number of fused-ring (bicyclic) bond motifs is 2. The molecule has 4 rings (SSSR count). The number of carbonyl (C=O) groups is 2. The summed E-state index contributed by atoms with van der Waals surface area (Å²) in [6.07, 6.45) is -1.30. The second-order valence-corrected chi connectivity index (χ2v) is 9.57. The molecule has 1 aromatic heterocycles. The SMILES string of the molecule is CCN(CC)CC.O=C1C(=C(O)c2ccc(C(F)(F)F)nc2COC2CCCCO2)C(=O)C2CCC1C2. The van der Waals surface area contributed by atoms with Crippen molar-refractivity contribution in [2.45, 2.75) is 78.4 Å². The Labute approximate surface area is 216 Å². The van der Waals surface area contributed by atoms with E-state index in [0.717, 1.165) is 25.0 Å². The van der Waals surface area contributed by atoms with Crippen LogP contribution in [0.1, 0.15) is 76.2 Å². The minimum Gasteiger partial charge on any atom is -0.506 e. The molecule has 1 aromatic rings. The van der Waals surface area contributed by atoms with Crippen molar-refractivity contribution in [3.63, 3.8) is 0 Å². The van der Waals surface area contributed by atoms with E-state index in [1.54, 1.807) is 0 Å². The van der Waals surface area contributed by atoms with Crippen LogP contribution in [0.2, 0.25) is 0 Å². The number of hydrogen-bond acceptors (Lipinski definition) is 7. The number of halogens is 3. The van der Waals surface area contributed by atoms with Crippen LogP contribution in [0.5, 0.6) is 0 Å². The number of hydrogen-bond donors (Lipinski definition) is 1. The molecule has 10 heteroatoms. The van der Waals surface area contributed by atoms with Crippen LogP contribution in [0, 0.1) is 11.8 Å². The molecule has 3 aliphatic rings. The number of aliphatic hydroxyl groups is 1. The first-order valence-electron chi connectivity index (χ1n) is 13.1. The quantitative estimate of drug-likeness (QED) is 0.292. The molecule has 2 heterocycles. The molecule has 0 aromatic carbocycles. The van der Waals surface area contributed by atoms with E-state index in [9.17, 15) is 27.9 Å². The third-order valence-corrected chi connectivity index (χ3v) is 7.31. The van der Waals surface area contributed by atoms with Crippen molar-refractivity contribution in [1.29, 1.82) is 0 Å². The van der Waals surface area contributed by atoms with Gasteiger partial charge in [-0.05, 0) is 70.3 Å². The molecular weight excluding hydrogens is 489 g/mol. The molecule has 2 bridgehead atoms.